The molecule has 1 fully saturated rings. The first kappa shape index (κ1) is 8.76. The van der Waals surface area contributed by atoms with Crippen LogP contribution >= 0.6 is 0 Å². The van der Waals surface area contributed by atoms with Crippen molar-refractivity contribution in [2.45, 2.75) is 18.8 Å². The van der Waals surface area contributed by atoms with Crippen LogP contribution in [-0.4, -0.2) is 13.1 Å². The highest BCUT2D eigenvalue weighted by Gasteiger charge is 2.15. The van der Waals surface area contributed by atoms with Crippen molar-refractivity contribution in [1.29, 1.82) is 0 Å². The van der Waals surface area contributed by atoms with Gasteiger partial charge in [-0.3, -0.25) is 0 Å². The highest BCUT2D eigenvalue weighted by atomic mass is 14.9. The van der Waals surface area contributed by atoms with Gasteiger partial charge in [-0.15, -0.1) is 0 Å². The van der Waals surface area contributed by atoms with Crippen molar-refractivity contribution in [3.8, 4) is 0 Å². The van der Waals surface area contributed by atoms with Crippen LogP contribution in [0.1, 0.15) is 23.5 Å². The molecule has 1 atom stereocenters. The fourth-order valence-corrected chi connectivity index (χ4v) is 1.90. The Bertz CT molecular complexity index is 257. The van der Waals surface area contributed by atoms with Gasteiger partial charge < -0.3 is 5.32 Å². The SMILES string of the molecule is [CH2]Cc1ccc(C2CCNC2)cc1. The Morgan fingerprint density at radius 3 is 2.62 bits per heavy atom. The molecule has 1 heteroatoms. The lowest BCUT2D eigenvalue weighted by atomic mass is 9.97. The zero-order valence-corrected chi connectivity index (χ0v) is 7.92. The van der Waals surface area contributed by atoms with Gasteiger partial charge in [0, 0.05) is 6.54 Å². The Labute approximate surface area is 80.2 Å². The van der Waals surface area contributed by atoms with E-state index in [-0.39, 0.29) is 0 Å². The molecule has 0 aliphatic carbocycles. The molecule has 1 radical (unpaired) electrons. The summed E-state index contributed by atoms with van der Waals surface area (Å²) in [6.07, 6.45) is 2.17. The van der Waals surface area contributed by atoms with Crippen LogP contribution in [0, 0.1) is 6.92 Å². The van der Waals surface area contributed by atoms with Gasteiger partial charge >= 0.3 is 0 Å². The van der Waals surface area contributed by atoms with Gasteiger partial charge in [-0.25, -0.2) is 0 Å². The number of benzene rings is 1. The average Bonchev–Trinajstić information content (AvgIpc) is 2.71. The van der Waals surface area contributed by atoms with Gasteiger partial charge in [0.15, 0.2) is 0 Å². The summed E-state index contributed by atoms with van der Waals surface area (Å²) in [5.74, 6) is 0.735. The smallest absolute Gasteiger partial charge is 0.00206 e. The molecule has 1 unspecified atom stereocenters. The fourth-order valence-electron chi connectivity index (χ4n) is 1.90. The van der Waals surface area contributed by atoms with E-state index in [1.165, 1.54) is 24.1 Å². The topological polar surface area (TPSA) is 12.0 Å². The van der Waals surface area contributed by atoms with Crippen LogP contribution in [0.25, 0.3) is 0 Å². The molecule has 0 amide bonds. The molecule has 69 valence electrons. The summed E-state index contributed by atoms with van der Waals surface area (Å²) in [5, 5.41) is 3.39. The molecule has 1 aliphatic heterocycles. The van der Waals surface area contributed by atoms with Crippen LogP contribution in [-0.2, 0) is 6.42 Å². The van der Waals surface area contributed by atoms with Gasteiger partial charge in [-0.2, -0.15) is 0 Å². The highest BCUT2D eigenvalue weighted by molar-refractivity contribution is 5.26. The van der Waals surface area contributed by atoms with E-state index in [0.717, 1.165) is 18.9 Å². The van der Waals surface area contributed by atoms with Crippen molar-refractivity contribution < 1.29 is 0 Å². The molecule has 13 heavy (non-hydrogen) atoms. The van der Waals surface area contributed by atoms with Crippen LogP contribution in [0.4, 0.5) is 0 Å². The van der Waals surface area contributed by atoms with Crippen molar-refractivity contribution >= 4 is 0 Å². The third-order valence-corrected chi connectivity index (χ3v) is 2.80. The molecular formula is C12H16N. The van der Waals surface area contributed by atoms with E-state index in [0.29, 0.717) is 0 Å². The van der Waals surface area contributed by atoms with Crippen molar-refractivity contribution in [2.24, 2.45) is 0 Å². The first-order valence-corrected chi connectivity index (χ1v) is 4.99. The molecule has 1 saturated heterocycles. The first-order chi connectivity index (χ1) is 6.40. The lowest BCUT2D eigenvalue weighted by Gasteiger charge is -2.08. The van der Waals surface area contributed by atoms with Gasteiger partial charge in [0.1, 0.15) is 0 Å². The Balaban J connectivity index is 2.12. The zero-order chi connectivity index (χ0) is 9.10. The van der Waals surface area contributed by atoms with Crippen LogP contribution in [0.5, 0.6) is 0 Å². The van der Waals surface area contributed by atoms with E-state index < -0.39 is 0 Å². The summed E-state index contributed by atoms with van der Waals surface area (Å²) < 4.78 is 0. The fraction of sp³-hybridized carbons (Fsp3) is 0.417. The summed E-state index contributed by atoms with van der Waals surface area (Å²) in [6.45, 7) is 6.18. The van der Waals surface area contributed by atoms with Gasteiger partial charge in [0.25, 0.3) is 0 Å². The van der Waals surface area contributed by atoms with E-state index in [4.69, 9.17) is 0 Å². The zero-order valence-electron chi connectivity index (χ0n) is 7.92. The van der Waals surface area contributed by atoms with Gasteiger partial charge in [0.2, 0.25) is 0 Å². The summed E-state index contributed by atoms with van der Waals surface area (Å²) in [5.41, 5.74) is 2.80. The standard InChI is InChI=1S/C12H16N/c1-2-10-3-5-11(6-4-10)12-7-8-13-9-12/h3-6,12-13H,1-2,7-9H2. The van der Waals surface area contributed by atoms with Crippen LogP contribution in [0.3, 0.4) is 0 Å². The molecule has 1 aromatic carbocycles. The van der Waals surface area contributed by atoms with Crippen LogP contribution < -0.4 is 5.32 Å². The molecule has 1 aromatic rings. The maximum atomic E-state index is 3.87. The van der Waals surface area contributed by atoms with Crippen molar-refractivity contribution in [3.05, 3.63) is 42.3 Å². The molecule has 0 saturated carbocycles. The largest absolute Gasteiger partial charge is 0.316 e. The predicted octanol–water partition coefficient (Wildman–Crippen LogP) is 2.14. The van der Waals surface area contributed by atoms with Gasteiger partial charge in [-0.05, 0) is 43.4 Å². The Hall–Kier alpha value is -0.820. The van der Waals surface area contributed by atoms with E-state index in [1.54, 1.807) is 0 Å². The number of hydrogen-bond donors (Lipinski definition) is 1. The van der Waals surface area contributed by atoms with E-state index >= 15 is 0 Å². The second-order valence-electron chi connectivity index (χ2n) is 3.68. The second kappa shape index (κ2) is 3.93. The maximum absolute atomic E-state index is 3.87. The monoisotopic (exact) mass is 174 g/mol. The lowest BCUT2D eigenvalue weighted by Crippen LogP contribution is -2.07. The number of hydrogen-bond acceptors (Lipinski definition) is 1. The summed E-state index contributed by atoms with van der Waals surface area (Å²) in [4.78, 5) is 0. The summed E-state index contributed by atoms with van der Waals surface area (Å²) in [7, 11) is 0. The summed E-state index contributed by atoms with van der Waals surface area (Å²) in [6, 6.07) is 8.89. The number of nitrogens with one attached hydrogen (secondary N) is 1. The van der Waals surface area contributed by atoms with E-state index in [1.807, 2.05) is 0 Å². The minimum Gasteiger partial charge on any atom is -0.316 e. The third kappa shape index (κ3) is 1.92. The Morgan fingerprint density at radius 2 is 2.08 bits per heavy atom. The Morgan fingerprint density at radius 1 is 1.31 bits per heavy atom. The summed E-state index contributed by atoms with van der Waals surface area (Å²) >= 11 is 0. The van der Waals surface area contributed by atoms with E-state index in [2.05, 4.69) is 36.5 Å². The van der Waals surface area contributed by atoms with Crippen molar-refractivity contribution in [3.63, 3.8) is 0 Å². The average molecular weight is 174 g/mol. The molecule has 1 N–H and O–H groups in total. The maximum Gasteiger partial charge on any atom is 0.00206 e. The second-order valence-corrected chi connectivity index (χ2v) is 3.68. The quantitative estimate of drug-likeness (QED) is 0.724. The molecule has 2 rings (SSSR count). The molecule has 0 aromatic heterocycles. The van der Waals surface area contributed by atoms with Crippen molar-refractivity contribution in [2.75, 3.05) is 13.1 Å². The molecule has 1 aliphatic rings. The van der Waals surface area contributed by atoms with Gasteiger partial charge in [0.05, 0.1) is 0 Å². The lowest BCUT2D eigenvalue weighted by molar-refractivity contribution is 0.763. The third-order valence-electron chi connectivity index (χ3n) is 2.80. The van der Waals surface area contributed by atoms with E-state index in [9.17, 15) is 0 Å². The van der Waals surface area contributed by atoms with Crippen LogP contribution in [0.2, 0.25) is 0 Å². The first-order valence-electron chi connectivity index (χ1n) is 4.99. The predicted molar refractivity (Wildman–Crippen MR) is 55.7 cm³/mol. The molecule has 0 spiro atoms. The minimum absolute atomic E-state index is 0.735. The highest BCUT2D eigenvalue weighted by Crippen LogP contribution is 2.22. The minimum atomic E-state index is 0.735. The number of rotatable bonds is 2. The Kier molecular flexibility index (Phi) is 2.65. The molecular weight excluding hydrogens is 158 g/mol. The molecule has 0 bridgehead atoms. The van der Waals surface area contributed by atoms with Crippen molar-refractivity contribution in [1.82, 2.24) is 5.32 Å². The molecule has 1 nitrogen and oxygen atoms in total. The van der Waals surface area contributed by atoms with Crippen LogP contribution in [0.15, 0.2) is 24.3 Å². The normalized spacial score (nSPS) is 22.1. The van der Waals surface area contributed by atoms with Gasteiger partial charge in [-0.1, -0.05) is 24.3 Å². The molecule has 1 heterocycles.